The number of hydrogen-bond donors (Lipinski definition) is 2. The first-order valence-electron chi connectivity index (χ1n) is 4.46. The molecule has 1 aromatic heterocycles. The lowest BCUT2D eigenvalue weighted by molar-refractivity contribution is 0.130. The summed E-state index contributed by atoms with van der Waals surface area (Å²) >= 11 is 3.29. The van der Waals surface area contributed by atoms with Crippen LogP contribution >= 0.6 is 15.9 Å². The van der Waals surface area contributed by atoms with Crippen molar-refractivity contribution in [1.82, 2.24) is 4.98 Å². The maximum atomic E-state index is 9.18. The Labute approximate surface area is 92.5 Å². The molecule has 78 valence electrons. The molecule has 1 aromatic rings. The fourth-order valence-electron chi connectivity index (χ4n) is 1.10. The van der Waals surface area contributed by atoms with E-state index in [9.17, 15) is 5.11 Å². The number of hydrogen-bond acceptors (Lipinski definition) is 3. The Balaban J connectivity index is 2.94. The minimum atomic E-state index is -0.353. The third-order valence-electron chi connectivity index (χ3n) is 2.30. The van der Waals surface area contributed by atoms with Gasteiger partial charge in [-0.05, 0) is 28.1 Å². The number of rotatable bonds is 3. The molecule has 0 saturated carbocycles. The van der Waals surface area contributed by atoms with Gasteiger partial charge in [0.25, 0.3) is 0 Å². The molecular weight excluding hydrogens is 244 g/mol. The van der Waals surface area contributed by atoms with Gasteiger partial charge in [0.15, 0.2) is 0 Å². The fourth-order valence-corrected chi connectivity index (χ4v) is 1.45. The van der Waals surface area contributed by atoms with Gasteiger partial charge in [-0.2, -0.15) is 0 Å². The highest BCUT2D eigenvalue weighted by Crippen LogP contribution is 2.29. The monoisotopic (exact) mass is 258 g/mol. The zero-order chi connectivity index (χ0) is 10.8. The Kier molecular flexibility index (Phi) is 3.64. The molecule has 0 spiro atoms. The molecule has 1 atom stereocenters. The second-order valence-electron chi connectivity index (χ2n) is 4.01. The maximum Gasteiger partial charge on any atom is 0.106 e. The van der Waals surface area contributed by atoms with E-state index in [1.807, 2.05) is 32.0 Å². The van der Waals surface area contributed by atoms with Crippen LogP contribution in [0.2, 0.25) is 0 Å². The molecule has 14 heavy (non-hydrogen) atoms. The van der Waals surface area contributed by atoms with Crippen LogP contribution in [0.5, 0.6) is 0 Å². The molecule has 1 heterocycles. The standard InChI is InChI=1S/C10H15BrN2O/c1-10(2,6-14)9(12)7-4-3-5-8(11)13-7/h3-5,9,14H,6,12H2,1-2H3/t9-/m1/s1. The minimum absolute atomic E-state index is 0.0440. The van der Waals surface area contributed by atoms with Gasteiger partial charge in [0.1, 0.15) is 4.60 Å². The number of aliphatic hydroxyl groups excluding tert-OH is 1. The molecule has 0 aliphatic carbocycles. The molecule has 4 heteroatoms. The fraction of sp³-hybridized carbons (Fsp3) is 0.500. The van der Waals surface area contributed by atoms with Crippen molar-refractivity contribution in [3.63, 3.8) is 0 Å². The van der Waals surface area contributed by atoms with Gasteiger partial charge in [0.2, 0.25) is 0 Å². The number of halogens is 1. The van der Waals surface area contributed by atoms with Crippen molar-refractivity contribution in [3.05, 3.63) is 28.5 Å². The Morgan fingerprint density at radius 3 is 2.71 bits per heavy atom. The largest absolute Gasteiger partial charge is 0.396 e. The van der Waals surface area contributed by atoms with Crippen molar-refractivity contribution in [2.75, 3.05) is 6.61 Å². The molecule has 0 radical (unpaired) electrons. The Hall–Kier alpha value is -0.450. The lowest BCUT2D eigenvalue weighted by atomic mass is 9.84. The summed E-state index contributed by atoms with van der Waals surface area (Å²) in [6.45, 7) is 3.88. The van der Waals surface area contributed by atoms with Gasteiger partial charge in [-0.25, -0.2) is 4.98 Å². The first-order valence-corrected chi connectivity index (χ1v) is 5.25. The predicted octanol–water partition coefficient (Wildman–Crippen LogP) is 1.86. The third-order valence-corrected chi connectivity index (χ3v) is 2.75. The molecule has 0 aromatic carbocycles. The summed E-state index contributed by atoms with van der Waals surface area (Å²) in [5.74, 6) is 0. The van der Waals surface area contributed by atoms with Crippen molar-refractivity contribution in [2.24, 2.45) is 11.1 Å². The average molecular weight is 259 g/mol. The maximum absolute atomic E-state index is 9.18. The summed E-state index contributed by atoms with van der Waals surface area (Å²) in [6.07, 6.45) is 0. The van der Waals surface area contributed by atoms with Crippen LogP contribution in [-0.4, -0.2) is 16.7 Å². The molecular formula is C10H15BrN2O. The van der Waals surface area contributed by atoms with Gasteiger partial charge < -0.3 is 10.8 Å². The summed E-state index contributed by atoms with van der Waals surface area (Å²) in [4.78, 5) is 4.27. The van der Waals surface area contributed by atoms with Gasteiger partial charge in [0, 0.05) is 5.41 Å². The van der Waals surface area contributed by atoms with E-state index in [-0.39, 0.29) is 18.1 Å². The second kappa shape index (κ2) is 4.38. The molecule has 0 aliphatic rings. The highest BCUT2D eigenvalue weighted by Gasteiger charge is 2.27. The van der Waals surface area contributed by atoms with Crippen LogP contribution in [0, 0.1) is 5.41 Å². The summed E-state index contributed by atoms with van der Waals surface area (Å²) < 4.78 is 0.763. The number of aromatic nitrogens is 1. The highest BCUT2D eigenvalue weighted by atomic mass is 79.9. The Morgan fingerprint density at radius 1 is 1.57 bits per heavy atom. The highest BCUT2D eigenvalue weighted by molar-refractivity contribution is 9.10. The summed E-state index contributed by atoms with van der Waals surface area (Å²) in [5, 5.41) is 9.18. The first-order chi connectivity index (χ1) is 6.47. The summed E-state index contributed by atoms with van der Waals surface area (Å²) in [5.41, 5.74) is 6.45. The Morgan fingerprint density at radius 2 is 2.21 bits per heavy atom. The van der Waals surface area contributed by atoms with E-state index < -0.39 is 0 Å². The van der Waals surface area contributed by atoms with Crippen LogP contribution in [0.4, 0.5) is 0 Å². The molecule has 0 aliphatic heterocycles. The SMILES string of the molecule is CC(C)(CO)[C@H](N)c1cccc(Br)n1. The van der Waals surface area contributed by atoms with Gasteiger partial charge >= 0.3 is 0 Å². The molecule has 3 N–H and O–H groups in total. The van der Waals surface area contributed by atoms with Crippen LogP contribution in [0.3, 0.4) is 0 Å². The summed E-state index contributed by atoms with van der Waals surface area (Å²) in [6, 6.07) is 5.35. The zero-order valence-electron chi connectivity index (χ0n) is 8.37. The van der Waals surface area contributed by atoms with Gasteiger partial charge in [-0.15, -0.1) is 0 Å². The smallest absolute Gasteiger partial charge is 0.106 e. The molecule has 0 fully saturated rings. The van der Waals surface area contributed by atoms with Crippen LogP contribution in [0.15, 0.2) is 22.8 Å². The third kappa shape index (κ3) is 2.53. The average Bonchev–Trinajstić information content (AvgIpc) is 2.16. The van der Waals surface area contributed by atoms with E-state index >= 15 is 0 Å². The number of nitrogens with zero attached hydrogens (tertiary/aromatic N) is 1. The molecule has 0 bridgehead atoms. The zero-order valence-corrected chi connectivity index (χ0v) is 9.95. The predicted molar refractivity (Wildman–Crippen MR) is 59.7 cm³/mol. The van der Waals surface area contributed by atoms with E-state index in [0.29, 0.717) is 0 Å². The molecule has 3 nitrogen and oxygen atoms in total. The molecule has 1 rings (SSSR count). The van der Waals surface area contributed by atoms with Gasteiger partial charge in [0.05, 0.1) is 18.3 Å². The molecule has 0 saturated heterocycles. The van der Waals surface area contributed by atoms with E-state index in [2.05, 4.69) is 20.9 Å². The van der Waals surface area contributed by atoms with E-state index in [1.165, 1.54) is 0 Å². The van der Waals surface area contributed by atoms with Crippen molar-refractivity contribution >= 4 is 15.9 Å². The molecule has 0 amide bonds. The van der Waals surface area contributed by atoms with E-state index in [0.717, 1.165) is 10.3 Å². The number of pyridine rings is 1. The first kappa shape index (κ1) is 11.6. The van der Waals surface area contributed by atoms with Crippen molar-refractivity contribution in [1.29, 1.82) is 0 Å². The second-order valence-corrected chi connectivity index (χ2v) is 4.82. The quantitative estimate of drug-likeness (QED) is 0.814. The number of nitrogens with two attached hydrogens (primary N) is 1. The lowest BCUT2D eigenvalue weighted by Crippen LogP contribution is -2.33. The summed E-state index contributed by atoms with van der Waals surface area (Å²) in [7, 11) is 0. The van der Waals surface area contributed by atoms with Crippen LogP contribution in [-0.2, 0) is 0 Å². The van der Waals surface area contributed by atoms with E-state index in [1.54, 1.807) is 0 Å². The molecule has 0 unspecified atom stereocenters. The number of aliphatic hydroxyl groups is 1. The Bertz CT molecular complexity index is 315. The van der Waals surface area contributed by atoms with Gasteiger partial charge in [-0.1, -0.05) is 19.9 Å². The lowest BCUT2D eigenvalue weighted by Gasteiger charge is -2.28. The topological polar surface area (TPSA) is 59.1 Å². The van der Waals surface area contributed by atoms with Crippen LogP contribution < -0.4 is 5.73 Å². The normalized spacial score (nSPS) is 14.1. The minimum Gasteiger partial charge on any atom is -0.396 e. The van der Waals surface area contributed by atoms with Crippen LogP contribution in [0.25, 0.3) is 0 Å². The van der Waals surface area contributed by atoms with Gasteiger partial charge in [-0.3, -0.25) is 0 Å². The van der Waals surface area contributed by atoms with Crippen LogP contribution in [0.1, 0.15) is 25.6 Å². The van der Waals surface area contributed by atoms with Crippen molar-refractivity contribution < 1.29 is 5.11 Å². The van der Waals surface area contributed by atoms with E-state index in [4.69, 9.17) is 5.73 Å². The van der Waals surface area contributed by atoms with Crippen molar-refractivity contribution in [2.45, 2.75) is 19.9 Å². The van der Waals surface area contributed by atoms with Crippen molar-refractivity contribution in [3.8, 4) is 0 Å².